The Labute approximate surface area is 57.0 Å². The molecule has 3 N–H and O–H groups in total. The fourth-order valence-electron chi connectivity index (χ4n) is 0.373. The third-order valence-corrected chi connectivity index (χ3v) is 0.890. The maximum absolute atomic E-state index is 10.7. The van der Waals surface area contributed by atoms with Crippen molar-refractivity contribution in [1.29, 1.82) is 0 Å². The summed E-state index contributed by atoms with van der Waals surface area (Å²) >= 11 is 0. The highest BCUT2D eigenvalue weighted by molar-refractivity contribution is 5.80. The number of carbonyl (C=O) groups excluding carboxylic acids is 1. The Bertz CT molecular complexity index is 106. The predicted molar refractivity (Wildman–Crippen MR) is 37.0 cm³/mol. The van der Waals surface area contributed by atoms with Crippen molar-refractivity contribution in [3.63, 3.8) is 0 Å². The summed E-state index contributed by atoms with van der Waals surface area (Å²) in [5.74, 6) is -0.145. The van der Waals surface area contributed by atoms with E-state index in [1.165, 1.54) is 0 Å². The van der Waals surface area contributed by atoms with Crippen molar-refractivity contribution in [2.45, 2.75) is 26.3 Å². The van der Waals surface area contributed by atoms with E-state index < -0.39 is 6.04 Å². The summed E-state index contributed by atoms with van der Waals surface area (Å²) in [6.07, 6.45) is 0.693. The number of hydrogen-bond acceptors (Lipinski definition) is 2. The van der Waals surface area contributed by atoms with E-state index in [2.05, 4.69) is 5.32 Å². The van der Waals surface area contributed by atoms with Gasteiger partial charge in [-0.15, -0.1) is 0 Å². The van der Waals surface area contributed by atoms with Crippen LogP contribution in [0.1, 0.15) is 21.6 Å². The first kappa shape index (κ1) is 6.55. The van der Waals surface area contributed by atoms with E-state index in [1.54, 1.807) is 6.92 Å². The van der Waals surface area contributed by atoms with Crippen LogP contribution in [-0.2, 0) is 4.79 Å². The molecule has 0 spiro atoms. The van der Waals surface area contributed by atoms with Gasteiger partial charge in [0.05, 0.1) is 6.04 Å². The summed E-state index contributed by atoms with van der Waals surface area (Å²) in [6, 6.07) is -0.439. The molecule has 0 radical (unpaired) electrons. The molecule has 0 fully saturated rings. The topological polar surface area (TPSA) is 55.1 Å². The molecule has 1 amide bonds. The minimum atomic E-state index is -0.439. The van der Waals surface area contributed by atoms with Crippen LogP contribution in [0.2, 0.25) is 0 Å². The summed E-state index contributed by atoms with van der Waals surface area (Å²) in [7, 11) is 0. The molecule has 1 atom stereocenters. The van der Waals surface area contributed by atoms with E-state index in [0.717, 1.165) is 0 Å². The van der Waals surface area contributed by atoms with Gasteiger partial charge in [0.25, 0.3) is 0 Å². The lowest BCUT2D eigenvalue weighted by Gasteiger charge is -2.04. The highest BCUT2D eigenvalue weighted by Crippen LogP contribution is 1.75. The molecule has 0 saturated carbocycles. The lowest BCUT2D eigenvalue weighted by molar-refractivity contribution is -0.121. The Morgan fingerprint density at radius 1 is 2.00 bits per heavy atom. The van der Waals surface area contributed by atoms with Gasteiger partial charge in [-0.3, -0.25) is 4.79 Å². The fourth-order valence-corrected chi connectivity index (χ4v) is 0.373. The zero-order chi connectivity index (χ0) is 7.98. The standard InChI is InChI=1S/C6H14N2O/c1-3-4-8-6(9)5(2)7/h5H,3-4,7H2,1-2H3,(H,8,9)/t5-/m0/s1/i1D. The van der Waals surface area contributed by atoms with Crippen LogP contribution in [-0.4, -0.2) is 18.5 Å². The van der Waals surface area contributed by atoms with Crippen LogP contribution >= 0.6 is 0 Å². The largest absolute Gasteiger partial charge is 0.355 e. The Morgan fingerprint density at radius 3 is 3.11 bits per heavy atom. The van der Waals surface area contributed by atoms with E-state index >= 15 is 0 Å². The first-order chi connectivity index (χ1) is 4.68. The van der Waals surface area contributed by atoms with Crippen molar-refractivity contribution in [3.05, 3.63) is 0 Å². The molecule has 54 valence electrons. The molecule has 0 bridgehead atoms. The third kappa shape index (κ3) is 3.97. The second-order valence-corrected chi connectivity index (χ2v) is 1.93. The zero-order valence-electron chi connectivity index (χ0n) is 6.68. The lowest BCUT2D eigenvalue weighted by atomic mass is 10.3. The first-order valence-corrected chi connectivity index (χ1v) is 3.01. The molecule has 0 aromatic rings. The maximum atomic E-state index is 10.7. The molecular weight excluding hydrogens is 116 g/mol. The van der Waals surface area contributed by atoms with Crippen LogP contribution in [0.25, 0.3) is 0 Å². The SMILES string of the molecule is [2H]CCCNC(=O)[C@H](C)N. The van der Waals surface area contributed by atoms with E-state index in [4.69, 9.17) is 7.10 Å². The molecule has 0 aromatic heterocycles. The highest BCUT2D eigenvalue weighted by atomic mass is 16.2. The second kappa shape index (κ2) is 4.32. The van der Waals surface area contributed by atoms with Crippen LogP contribution in [0.3, 0.4) is 0 Å². The van der Waals surface area contributed by atoms with E-state index in [0.29, 0.717) is 19.9 Å². The minimum absolute atomic E-state index is 0.145. The molecule has 3 nitrogen and oxygen atoms in total. The van der Waals surface area contributed by atoms with Gasteiger partial charge >= 0.3 is 0 Å². The molecule has 0 aliphatic carbocycles. The van der Waals surface area contributed by atoms with Crippen LogP contribution < -0.4 is 11.1 Å². The van der Waals surface area contributed by atoms with Crippen molar-refractivity contribution in [2.75, 3.05) is 6.54 Å². The number of rotatable bonds is 3. The molecule has 0 heterocycles. The van der Waals surface area contributed by atoms with Crippen molar-refractivity contribution in [2.24, 2.45) is 5.73 Å². The lowest BCUT2D eigenvalue weighted by Crippen LogP contribution is -2.38. The van der Waals surface area contributed by atoms with Gasteiger partial charge in [-0.05, 0) is 13.3 Å². The van der Waals surface area contributed by atoms with Crippen LogP contribution in [0, 0.1) is 0 Å². The summed E-state index contributed by atoms with van der Waals surface area (Å²) in [6.45, 7) is 2.54. The Kier molecular flexibility index (Phi) is 3.15. The summed E-state index contributed by atoms with van der Waals surface area (Å²) in [4.78, 5) is 10.7. The normalized spacial score (nSPS) is 14.2. The highest BCUT2D eigenvalue weighted by Gasteiger charge is 2.03. The van der Waals surface area contributed by atoms with Crippen LogP contribution in [0.15, 0.2) is 0 Å². The quantitative estimate of drug-likeness (QED) is 0.524. The van der Waals surface area contributed by atoms with Gasteiger partial charge in [0.15, 0.2) is 0 Å². The monoisotopic (exact) mass is 131 g/mol. The molecule has 0 aromatic carbocycles. The molecule has 0 aliphatic heterocycles. The van der Waals surface area contributed by atoms with Crippen molar-refractivity contribution < 1.29 is 6.17 Å². The molecular formula is C6H14N2O. The minimum Gasteiger partial charge on any atom is -0.355 e. The van der Waals surface area contributed by atoms with Gasteiger partial charge < -0.3 is 11.1 Å². The van der Waals surface area contributed by atoms with Crippen molar-refractivity contribution >= 4 is 5.91 Å². The summed E-state index contributed by atoms with van der Waals surface area (Å²) < 4.78 is 6.77. The van der Waals surface area contributed by atoms with E-state index in [1.807, 2.05) is 0 Å². The Morgan fingerprint density at radius 2 is 2.67 bits per heavy atom. The third-order valence-electron chi connectivity index (χ3n) is 0.890. The van der Waals surface area contributed by atoms with Crippen molar-refractivity contribution in [1.82, 2.24) is 5.32 Å². The number of carbonyl (C=O) groups is 1. The maximum Gasteiger partial charge on any atom is 0.236 e. The molecule has 3 heteroatoms. The predicted octanol–water partition coefficient (Wildman–Crippen LogP) is -0.140. The average molecular weight is 131 g/mol. The van der Waals surface area contributed by atoms with E-state index in [9.17, 15) is 4.79 Å². The molecule has 0 rings (SSSR count). The average Bonchev–Trinajstić information content (AvgIpc) is 1.88. The number of amides is 1. The zero-order valence-corrected chi connectivity index (χ0v) is 5.68. The number of hydrogen-bond donors (Lipinski definition) is 2. The summed E-state index contributed by atoms with van der Waals surface area (Å²) in [5, 5.41) is 2.60. The van der Waals surface area contributed by atoms with Gasteiger partial charge in [0.1, 0.15) is 0 Å². The second-order valence-electron chi connectivity index (χ2n) is 1.93. The Balaban J connectivity index is 3.22. The van der Waals surface area contributed by atoms with Gasteiger partial charge in [-0.1, -0.05) is 6.90 Å². The first-order valence-electron chi connectivity index (χ1n) is 3.71. The van der Waals surface area contributed by atoms with Gasteiger partial charge in [0.2, 0.25) is 5.91 Å². The van der Waals surface area contributed by atoms with Crippen LogP contribution in [0.5, 0.6) is 0 Å². The van der Waals surface area contributed by atoms with Crippen LogP contribution in [0.4, 0.5) is 0 Å². The molecule has 0 unspecified atom stereocenters. The van der Waals surface area contributed by atoms with Crippen molar-refractivity contribution in [3.8, 4) is 0 Å². The number of nitrogens with two attached hydrogens (primary N) is 1. The van der Waals surface area contributed by atoms with Gasteiger partial charge in [0, 0.05) is 7.92 Å². The number of nitrogens with one attached hydrogen (secondary N) is 1. The van der Waals surface area contributed by atoms with E-state index in [-0.39, 0.29) is 5.91 Å². The molecule has 0 aliphatic rings. The molecule has 0 saturated heterocycles. The molecule has 9 heavy (non-hydrogen) atoms. The van der Waals surface area contributed by atoms with Gasteiger partial charge in [-0.25, -0.2) is 0 Å². The fraction of sp³-hybridized carbons (Fsp3) is 0.833. The van der Waals surface area contributed by atoms with Gasteiger partial charge in [-0.2, -0.15) is 0 Å². The smallest absolute Gasteiger partial charge is 0.236 e. The Hall–Kier alpha value is -0.570. The summed E-state index contributed by atoms with van der Waals surface area (Å²) in [5.41, 5.74) is 5.26.